The van der Waals surface area contributed by atoms with Gasteiger partial charge in [0.25, 0.3) is 0 Å². The molecule has 1 unspecified atom stereocenters. The lowest BCUT2D eigenvalue weighted by Crippen LogP contribution is -2.42. The quantitative estimate of drug-likeness (QED) is 0.619. The average molecular weight is 216 g/mol. The summed E-state index contributed by atoms with van der Waals surface area (Å²) in [6, 6.07) is 0. The zero-order valence-corrected chi connectivity index (χ0v) is 11.3. The monoisotopic (exact) mass is 216 g/mol. The Morgan fingerprint density at radius 2 is 1.47 bits per heavy atom. The maximum Gasteiger partial charge on any atom is 0.0545 e. The average Bonchev–Trinajstić information content (AvgIpc) is 2.17. The third kappa shape index (κ3) is 3.76. The molecule has 0 aliphatic heterocycles. The van der Waals surface area contributed by atoms with Crippen LogP contribution in [0.5, 0.6) is 0 Å². The Morgan fingerprint density at radius 3 is 1.73 bits per heavy atom. The van der Waals surface area contributed by atoms with E-state index in [2.05, 4.69) is 27.7 Å². The van der Waals surface area contributed by atoms with Gasteiger partial charge in [-0.1, -0.05) is 40.5 Å². The van der Waals surface area contributed by atoms with Crippen molar-refractivity contribution in [3.05, 3.63) is 0 Å². The minimum Gasteiger partial charge on any atom is -0.384 e. The van der Waals surface area contributed by atoms with Crippen molar-refractivity contribution in [1.29, 1.82) is 0 Å². The Morgan fingerprint density at radius 1 is 1.00 bits per heavy atom. The Hall–Kier alpha value is -0.0800. The predicted octanol–water partition coefficient (Wildman–Crippen LogP) is 3.36. The molecule has 15 heavy (non-hydrogen) atoms. The predicted molar refractivity (Wildman–Crippen MR) is 65.1 cm³/mol. The van der Waals surface area contributed by atoms with Gasteiger partial charge < -0.3 is 9.47 Å². The highest BCUT2D eigenvalue weighted by Crippen LogP contribution is 2.39. The highest BCUT2D eigenvalue weighted by Gasteiger charge is 2.38. The van der Waals surface area contributed by atoms with E-state index in [4.69, 9.17) is 9.47 Å². The van der Waals surface area contributed by atoms with E-state index in [9.17, 15) is 0 Å². The molecule has 0 saturated heterocycles. The molecule has 1 atom stereocenters. The lowest BCUT2D eigenvalue weighted by molar-refractivity contribution is -0.0585. The van der Waals surface area contributed by atoms with Gasteiger partial charge in [0.15, 0.2) is 0 Å². The van der Waals surface area contributed by atoms with E-state index in [1.165, 1.54) is 12.8 Å². The first-order valence-electron chi connectivity index (χ1n) is 6.03. The van der Waals surface area contributed by atoms with Crippen LogP contribution in [0.2, 0.25) is 0 Å². The molecule has 0 aromatic heterocycles. The van der Waals surface area contributed by atoms with Crippen molar-refractivity contribution in [3.63, 3.8) is 0 Å². The molecule has 0 bridgehead atoms. The molecule has 0 rings (SSSR count). The van der Waals surface area contributed by atoms with Crippen LogP contribution in [0.1, 0.15) is 40.5 Å². The van der Waals surface area contributed by atoms with Gasteiger partial charge >= 0.3 is 0 Å². The van der Waals surface area contributed by atoms with Crippen LogP contribution in [0.4, 0.5) is 0 Å². The second-order valence-corrected chi connectivity index (χ2v) is 4.94. The molecule has 0 heterocycles. The Bertz CT molecular complexity index is 149. The molecule has 0 spiro atoms. The fourth-order valence-electron chi connectivity index (χ4n) is 2.49. The summed E-state index contributed by atoms with van der Waals surface area (Å²) in [5.41, 5.74) is 0.166. The fourth-order valence-corrected chi connectivity index (χ4v) is 2.49. The summed E-state index contributed by atoms with van der Waals surface area (Å²) in [5.74, 6) is 1.22. The van der Waals surface area contributed by atoms with Gasteiger partial charge in [0.05, 0.1) is 13.2 Å². The van der Waals surface area contributed by atoms with Gasteiger partial charge in [-0.15, -0.1) is 0 Å². The fraction of sp³-hybridized carbons (Fsp3) is 1.00. The summed E-state index contributed by atoms with van der Waals surface area (Å²) in [5, 5.41) is 0. The van der Waals surface area contributed by atoms with Gasteiger partial charge in [0.1, 0.15) is 0 Å². The van der Waals surface area contributed by atoms with E-state index >= 15 is 0 Å². The number of methoxy groups -OCH3 is 2. The largest absolute Gasteiger partial charge is 0.384 e. The minimum absolute atomic E-state index is 0.166. The zero-order chi connectivity index (χ0) is 11.9. The van der Waals surface area contributed by atoms with Crippen LogP contribution in [0.15, 0.2) is 0 Å². The topological polar surface area (TPSA) is 18.5 Å². The second kappa shape index (κ2) is 7.24. The first kappa shape index (κ1) is 14.9. The summed E-state index contributed by atoms with van der Waals surface area (Å²) in [7, 11) is 3.57. The molecule has 0 aliphatic rings. The molecule has 0 N–H and O–H groups in total. The van der Waals surface area contributed by atoms with Gasteiger partial charge in [-0.2, -0.15) is 0 Å². The van der Waals surface area contributed by atoms with Crippen molar-refractivity contribution in [2.24, 2.45) is 17.3 Å². The molecule has 0 fully saturated rings. The van der Waals surface area contributed by atoms with Crippen LogP contribution < -0.4 is 0 Å². The summed E-state index contributed by atoms with van der Waals surface area (Å²) in [6.07, 6.45) is 2.47. The molecule has 2 heteroatoms. The third-order valence-electron chi connectivity index (χ3n) is 3.68. The van der Waals surface area contributed by atoms with Crippen molar-refractivity contribution in [2.75, 3.05) is 27.4 Å². The second-order valence-electron chi connectivity index (χ2n) is 4.94. The van der Waals surface area contributed by atoms with Crippen molar-refractivity contribution < 1.29 is 9.47 Å². The van der Waals surface area contributed by atoms with Crippen molar-refractivity contribution in [3.8, 4) is 0 Å². The van der Waals surface area contributed by atoms with E-state index in [-0.39, 0.29) is 5.41 Å². The Labute approximate surface area is 95.3 Å². The highest BCUT2D eigenvalue weighted by atomic mass is 16.5. The SMILES string of the molecule is CCCC(C)C(COC)(COC)C(C)C. The van der Waals surface area contributed by atoms with Crippen LogP contribution in [0.25, 0.3) is 0 Å². The minimum atomic E-state index is 0.166. The first-order chi connectivity index (χ1) is 7.05. The lowest BCUT2D eigenvalue weighted by Gasteiger charge is -2.41. The highest BCUT2D eigenvalue weighted by molar-refractivity contribution is 4.87. The van der Waals surface area contributed by atoms with E-state index < -0.39 is 0 Å². The van der Waals surface area contributed by atoms with Gasteiger partial charge in [-0.3, -0.25) is 0 Å². The van der Waals surface area contributed by atoms with E-state index in [1.54, 1.807) is 14.2 Å². The molecule has 0 amide bonds. The molecule has 0 saturated carbocycles. The Kier molecular flexibility index (Phi) is 7.20. The van der Waals surface area contributed by atoms with Gasteiger partial charge in [-0.25, -0.2) is 0 Å². The van der Waals surface area contributed by atoms with Crippen molar-refractivity contribution in [2.45, 2.75) is 40.5 Å². The number of rotatable bonds is 8. The van der Waals surface area contributed by atoms with E-state index in [1.807, 2.05) is 0 Å². The zero-order valence-electron chi connectivity index (χ0n) is 11.3. The molecule has 0 aliphatic carbocycles. The van der Waals surface area contributed by atoms with E-state index in [0.29, 0.717) is 11.8 Å². The molecular formula is C13H28O2. The van der Waals surface area contributed by atoms with Gasteiger partial charge in [0, 0.05) is 19.6 Å². The van der Waals surface area contributed by atoms with Crippen LogP contribution in [0, 0.1) is 17.3 Å². The number of ether oxygens (including phenoxy) is 2. The van der Waals surface area contributed by atoms with Crippen molar-refractivity contribution >= 4 is 0 Å². The molecule has 92 valence electrons. The van der Waals surface area contributed by atoms with Gasteiger partial charge in [-0.05, 0) is 11.8 Å². The maximum atomic E-state index is 5.41. The van der Waals surface area contributed by atoms with Crippen molar-refractivity contribution in [1.82, 2.24) is 0 Å². The molecule has 0 radical (unpaired) electrons. The lowest BCUT2D eigenvalue weighted by atomic mass is 9.68. The first-order valence-corrected chi connectivity index (χ1v) is 6.03. The van der Waals surface area contributed by atoms with Crippen LogP contribution in [0.3, 0.4) is 0 Å². The standard InChI is InChI=1S/C13H28O2/c1-7-8-12(4)13(9-14-5,10-15-6)11(2)3/h11-12H,7-10H2,1-6H3. The van der Waals surface area contributed by atoms with Crippen LogP contribution in [-0.4, -0.2) is 27.4 Å². The maximum absolute atomic E-state index is 5.41. The number of hydrogen-bond acceptors (Lipinski definition) is 2. The molecule has 2 nitrogen and oxygen atoms in total. The van der Waals surface area contributed by atoms with Gasteiger partial charge in [0.2, 0.25) is 0 Å². The summed E-state index contributed by atoms with van der Waals surface area (Å²) in [6.45, 7) is 10.7. The smallest absolute Gasteiger partial charge is 0.0545 e. The third-order valence-corrected chi connectivity index (χ3v) is 3.68. The molecular weight excluding hydrogens is 188 g/mol. The van der Waals surface area contributed by atoms with Crippen LogP contribution >= 0.6 is 0 Å². The molecule has 0 aromatic carbocycles. The van der Waals surface area contributed by atoms with E-state index in [0.717, 1.165) is 13.2 Å². The number of hydrogen-bond donors (Lipinski definition) is 0. The summed E-state index contributed by atoms with van der Waals surface area (Å²) >= 11 is 0. The summed E-state index contributed by atoms with van der Waals surface area (Å²) in [4.78, 5) is 0. The summed E-state index contributed by atoms with van der Waals surface area (Å²) < 4.78 is 10.8. The van der Waals surface area contributed by atoms with Crippen LogP contribution in [-0.2, 0) is 9.47 Å². The normalized spacial score (nSPS) is 14.6. The Balaban J connectivity index is 4.74. The molecule has 0 aromatic rings.